The summed E-state index contributed by atoms with van der Waals surface area (Å²) >= 11 is 3.50. The van der Waals surface area contributed by atoms with E-state index in [-0.39, 0.29) is 0 Å². The van der Waals surface area contributed by atoms with E-state index in [0.29, 0.717) is 5.25 Å². The van der Waals surface area contributed by atoms with Gasteiger partial charge in [-0.25, -0.2) is 9.97 Å². The molecule has 1 aliphatic rings. The van der Waals surface area contributed by atoms with E-state index in [4.69, 9.17) is 9.97 Å². The van der Waals surface area contributed by atoms with Crippen LogP contribution in [0.4, 0.5) is 11.6 Å². The monoisotopic (exact) mass is 345 g/mol. The van der Waals surface area contributed by atoms with Crippen molar-refractivity contribution in [1.29, 1.82) is 0 Å². The van der Waals surface area contributed by atoms with Crippen molar-refractivity contribution in [2.24, 2.45) is 0 Å². The van der Waals surface area contributed by atoms with Crippen LogP contribution in [0.25, 0.3) is 10.2 Å². The van der Waals surface area contributed by atoms with Crippen LogP contribution in [0.15, 0.2) is 22.8 Å². The zero-order valence-electron chi connectivity index (χ0n) is 13.0. The van der Waals surface area contributed by atoms with Gasteiger partial charge in [0.15, 0.2) is 11.0 Å². The van der Waals surface area contributed by atoms with E-state index in [2.05, 4.69) is 27.0 Å². The number of thioether (sulfide) groups is 1. The summed E-state index contributed by atoms with van der Waals surface area (Å²) in [6.45, 7) is 2.02. The maximum absolute atomic E-state index is 4.79. The third kappa shape index (κ3) is 3.21. The molecule has 0 aliphatic heterocycles. The van der Waals surface area contributed by atoms with Crippen LogP contribution in [0, 0.1) is 6.92 Å². The molecular weight excluding hydrogens is 326 g/mol. The van der Waals surface area contributed by atoms with Crippen molar-refractivity contribution in [1.82, 2.24) is 20.2 Å². The Bertz CT molecular complexity index is 804. The number of H-pyrrole nitrogens is 1. The van der Waals surface area contributed by atoms with Crippen LogP contribution >= 0.6 is 23.1 Å². The minimum atomic E-state index is 0.654. The summed E-state index contributed by atoms with van der Waals surface area (Å²) in [7, 11) is 0. The Kier molecular flexibility index (Phi) is 4.22. The fourth-order valence-corrected chi connectivity index (χ4v) is 4.84. The molecular formula is C16H19N5S2. The van der Waals surface area contributed by atoms with Gasteiger partial charge in [-0.05, 0) is 31.2 Å². The largest absolute Gasteiger partial charge is 0.324 e. The number of fused-ring (bicyclic) bond motifs is 1. The number of aryl methyl sites for hydroxylation is 1. The first-order chi connectivity index (χ1) is 11.3. The van der Waals surface area contributed by atoms with Crippen LogP contribution in [-0.4, -0.2) is 25.4 Å². The Morgan fingerprint density at radius 3 is 2.91 bits per heavy atom. The number of thiophene rings is 1. The van der Waals surface area contributed by atoms with Crippen LogP contribution in [0.1, 0.15) is 37.7 Å². The van der Waals surface area contributed by atoms with Gasteiger partial charge in [-0.15, -0.1) is 11.3 Å². The van der Waals surface area contributed by atoms with Gasteiger partial charge in [0.05, 0.1) is 16.4 Å². The van der Waals surface area contributed by atoms with Gasteiger partial charge < -0.3 is 5.32 Å². The van der Waals surface area contributed by atoms with Gasteiger partial charge in [0.2, 0.25) is 0 Å². The number of nitrogens with one attached hydrogen (secondary N) is 2. The maximum atomic E-state index is 4.79. The minimum absolute atomic E-state index is 0.654. The maximum Gasteiger partial charge on any atom is 0.190 e. The van der Waals surface area contributed by atoms with Crippen molar-refractivity contribution in [3.05, 3.63) is 23.2 Å². The predicted octanol–water partition coefficient (Wildman–Crippen LogP) is 4.89. The van der Waals surface area contributed by atoms with Crippen LogP contribution in [0.3, 0.4) is 0 Å². The quantitative estimate of drug-likeness (QED) is 0.659. The second kappa shape index (κ2) is 6.49. The van der Waals surface area contributed by atoms with Gasteiger partial charge in [0, 0.05) is 10.8 Å². The molecule has 120 valence electrons. The SMILES string of the molecule is Cc1cn[nH]c1Nc1nc(SC2CCCCC2)nc2ccsc12. The molecule has 3 heterocycles. The van der Waals surface area contributed by atoms with Crippen molar-refractivity contribution in [2.45, 2.75) is 49.4 Å². The molecule has 0 spiro atoms. The molecule has 3 aromatic heterocycles. The lowest BCUT2D eigenvalue weighted by atomic mass is 10.0. The first kappa shape index (κ1) is 15.0. The molecule has 0 unspecified atom stereocenters. The highest BCUT2D eigenvalue weighted by Gasteiger charge is 2.18. The topological polar surface area (TPSA) is 66.5 Å². The minimum Gasteiger partial charge on any atom is -0.324 e. The predicted molar refractivity (Wildman–Crippen MR) is 96.8 cm³/mol. The van der Waals surface area contributed by atoms with Crippen molar-refractivity contribution in [2.75, 3.05) is 5.32 Å². The van der Waals surface area contributed by atoms with Crippen LogP contribution in [0.2, 0.25) is 0 Å². The summed E-state index contributed by atoms with van der Waals surface area (Å²) in [6, 6.07) is 2.07. The summed E-state index contributed by atoms with van der Waals surface area (Å²) in [6.07, 6.45) is 8.39. The van der Waals surface area contributed by atoms with Crippen LogP contribution in [-0.2, 0) is 0 Å². The van der Waals surface area contributed by atoms with Crippen molar-refractivity contribution < 1.29 is 0 Å². The number of hydrogen-bond donors (Lipinski definition) is 2. The van der Waals surface area contributed by atoms with E-state index < -0.39 is 0 Å². The molecule has 3 aromatic rings. The van der Waals surface area contributed by atoms with Gasteiger partial charge in [-0.2, -0.15) is 5.10 Å². The van der Waals surface area contributed by atoms with E-state index in [1.165, 1.54) is 32.1 Å². The summed E-state index contributed by atoms with van der Waals surface area (Å²) < 4.78 is 1.09. The molecule has 7 heteroatoms. The molecule has 0 saturated heterocycles. The van der Waals surface area contributed by atoms with Crippen molar-refractivity contribution in [3.8, 4) is 0 Å². The smallest absolute Gasteiger partial charge is 0.190 e. The molecule has 5 nitrogen and oxygen atoms in total. The lowest BCUT2D eigenvalue weighted by Crippen LogP contribution is -2.09. The third-order valence-electron chi connectivity index (χ3n) is 4.18. The van der Waals surface area contributed by atoms with E-state index >= 15 is 0 Å². The van der Waals surface area contributed by atoms with Crippen molar-refractivity contribution >= 4 is 45.0 Å². The number of nitrogens with zero attached hydrogens (tertiary/aromatic N) is 3. The number of aromatic nitrogens is 4. The number of aromatic amines is 1. The molecule has 2 N–H and O–H groups in total. The second-order valence-corrected chi connectivity index (χ2v) is 8.10. The number of anilines is 2. The summed E-state index contributed by atoms with van der Waals surface area (Å²) in [5.41, 5.74) is 2.10. The Labute approximate surface area is 143 Å². The van der Waals surface area contributed by atoms with E-state index in [0.717, 1.165) is 32.6 Å². The van der Waals surface area contributed by atoms with Gasteiger partial charge in [-0.3, -0.25) is 5.10 Å². The zero-order valence-corrected chi connectivity index (χ0v) is 14.6. The Balaban J connectivity index is 1.65. The van der Waals surface area contributed by atoms with Gasteiger partial charge in [0.25, 0.3) is 0 Å². The van der Waals surface area contributed by atoms with Crippen LogP contribution < -0.4 is 5.32 Å². The molecule has 4 rings (SSSR count). The van der Waals surface area contributed by atoms with Crippen LogP contribution in [0.5, 0.6) is 0 Å². The van der Waals surface area contributed by atoms with E-state index in [1.807, 2.05) is 24.9 Å². The molecule has 0 amide bonds. The Hall–Kier alpha value is -1.60. The lowest BCUT2D eigenvalue weighted by molar-refractivity contribution is 0.515. The molecule has 0 atom stereocenters. The molecule has 1 fully saturated rings. The van der Waals surface area contributed by atoms with E-state index in [1.54, 1.807) is 11.3 Å². The Morgan fingerprint density at radius 1 is 1.26 bits per heavy atom. The standard InChI is InChI=1S/C16H19N5S2/c1-10-9-17-21-14(10)19-15-13-12(7-8-22-13)18-16(20-15)23-11-5-3-2-4-6-11/h7-9,11H,2-6H2,1H3,(H2,17,18,19,20,21). The van der Waals surface area contributed by atoms with Gasteiger partial charge in [-0.1, -0.05) is 31.0 Å². The lowest BCUT2D eigenvalue weighted by Gasteiger charge is -2.20. The molecule has 0 aromatic carbocycles. The molecule has 0 bridgehead atoms. The Morgan fingerprint density at radius 2 is 2.13 bits per heavy atom. The van der Waals surface area contributed by atoms with Gasteiger partial charge in [0.1, 0.15) is 5.82 Å². The van der Waals surface area contributed by atoms with E-state index in [9.17, 15) is 0 Å². The first-order valence-electron chi connectivity index (χ1n) is 7.98. The average Bonchev–Trinajstić information content (AvgIpc) is 3.18. The highest BCUT2D eigenvalue weighted by molar-refractivity contribution is 7.99. The fraction of sp³-hybridized carbons (Fsp3) is 0.438. The summed E-state index contributed by atoms with van der Waals surface area (Å²) in [5, 5.41) is 14.0. The third-order valence-corrected chi connectivity index (χ3v) is 6.29. The normalized spacial score (nSPS) is 16.0. The zero-order chi connectivity index (χ0) is 15.6. The number of rotatable bonds is 4. The summed E-state index contributed by atoms with van der Waals surface area (Å²) in [5.74, 6) is 1.77. The molecule has 23 heavy (non-hydrogen) atoms. The molecule has 1 saturated carbocycles. The highest BCUT2D eigenvalue weighted by Crippen LogP contribution is 2.35. The number of hydrogen-bond acceptors (Lipinski definition) is 6. The fourth-order valence-electron chi connectivity index (χ4n) is 2.90. The van der Waals surface area contributed by atoms with Crippen molar-refractivity contribution in [3.63, 3.8) is 0 Å². The van der Waals surface area contributed by atoms with Gasteiger partial charge >= 0.3 is 0 Å². The average molecular weight is 345 g/mol. The molecule has 0 radical (unpaired) electrons. The molecule has 1 aliphatic carbocycles. The first-order valence-corrected chi connectivity index (χ1v) is 9.74. The summed E-state index contributed by atoms with van der Waals surface area (Å²) in [4.78, 5) is 9.52. The second-order valence-electron chi connectivity index (χ2n) is 5.92. The highest BCUT2D eigenvalue weighted by atomic mass is 32.2.